The Balaban J connectivity index is 2.08. The summed E-state index contributed by atoms with van der Waals surface area (Å²) in [6, 6.07) is 9.96. The molecule has 1 aromatic carbocycles. The van der Waals surface area contributed by atoms with E-state index >= 15 is 0 Å². The van der Waals surface area contributed by atoms with E-state index in [1.54, 1.807) is 24.2 Å². The molecule has 0 saturated heterocycles. The van der Waals surface area contributed by atoms with E-state index < -0.39 is 0 Å². The lowest BCUT2D eigenvalue weighted by Gasteiger charge is -2.16. The smallest absolute Gasteiger partial charge is 0.270 e. The highest BCUT2D eigenvalue weighted by atomic mass is 79.9. The van der Waals surface area contributed by atoms with E-state index in [1.165, 1.54) is 5.56 Å². The van der Waals surface area contributed by atoms with Gasteiger partial charge in [-0.1, -0.05) is 29.8 Å². The molecule has 0 unspecified atom stereocenters. The van der Waals surface area contributed by atoms with Gasteiger partial charge in [0.2, 0.25) is 0 Å². The molecule has 0 saturated carbocycles. The van der Waals surface area contributed by atoms with Crippen LogP contribution in [-0.2, 0) is 6.54 Å². The number of hydrogen-bond donors (Lipinski definition) is 1. The van der Waals surface area contributed by atoms with E-state index in [0.29, 0.717) is 12.2 Å². The van der Waals surface area contributed by atoms with Gasteiger partial charge in [-0.15, -0.1) is 0 Å². The number of hydrogen-bond acceptors (Lipinski definition) is 1. The molecule has 1 N–H and O–H groups in total. The van der Waals surface area contributed by atoms with Gasteiger partial charge in [0, 0.05) is 24.3 Å². The van der Waals surface area contributed by atoms with Gasteiger partial charge in [-0.2, -0.15) is 0 Å². The van der Waals surface area contributed by atoms with Crippen LogP contribution in [0.3, 0.4) is 0 Å². The molecule has 1 aromatic heterocycles. The number of aryl methyl sites for hydroxylation is 1. The average Bonchev–Trinajstić information content (AvgIpc) is 2.75. The first-order chi connectivity index (χ1) is 8.56. The van der Waals surface area contributed by atoms with Crippen molar-refractivity contribution in [3.8, 4) is 0 Å². The number of halogens is 1. The van der Waals surface area contributed by atoms with E-state index in [2.05, 4.69) is 27.0 Å². The summed E-state index contributed by atoms with van der Waals surface area (Å²) >= 11 is 3.32. The Labute approximate surface area is 115 Å². The number of carbonyl (C=O) groups excluding carboxylic acids is 1. The third kappa shape index (κ3) is 3.01. The van der Waals surface area contributed by atoms with Gasteiger partial charge in [-0.25, -0.2) is 0 Å². The van der Waals surface area contributed by atoms with Crippen LogP contribution in [0.25, 0.3) is 0 Å². The van der Waals surface area contributed by atoms with Crippen molar-refractivity contribution in [2.75, 3.05) is 7.05 Å². The van der Waals surface area contributed by atoms with Crippen molar-refractivity contribution in [2.24, 2.45) is 0 Å². The van der Waals surface area contributed by atoms with Crippen LogP contribution in [0.4, 0.5) is 0 Å². The number of nitrogens with one attached hydrogen (secondary N) is 1. The number of amides is 1. The first-order valence-corrected chi connectivity index (χ1v) is 6.50. The Morgan fingerprint density at radius 1 is 1.39 bits per heavy atom. The maximum Gasteiger partial charge on any atom is 0.270 e. The fourth-order valence-corrected chi connectivity index (χ4v) is 2.20. The second-order valence-corrected chi connectivity index (χ2v) is 5.30. The van der Waals surface area contributed by atoms with Gasteiger partial charge in [-0.3, -0.25) is 4.79 Å². The summed E-state index contributed by atoms with van der Waals surface area (Å²) < 4.78 is 0.884. The number of nitrogens with zero attached hydrogens (tertiary/aromatic N) is 1. The summed E-state index contributed by atoms with van der Waals surface area (Å²) in [7, 11) is 1.80. The largest absolute Gasteiger partial charge is 0.356 e. The maximum atomic E-state index is 12.1. The van der Waals surface area contributed by atoms with Gasteiger partial charge in [0.25, 0.3) is 5.91 Å². The van der Waals surface area contributed by atoms with Crippen molar-refractivity contribution >= 4 is 21.8 Å². The molecule has 94 valence electrons. The molecule has 1 heterocycles. The van der Waals surface area contributed by atoms with Crippen LogP contribution < -0.4 is 0 Å². The van der Waals surface area contributed by atoms with Crippen molar-refractivity contribution in [3.05, 3.63) is 57.8 Å². The number of aromatic amines is 1. The van der Waals surface area contributed by atoms with Gasteiger partial charge in [0.05, 0.1) is 0 Å². The van der Waals surface area contributed by atoms with Gasteiger partial charge in [-0.05, 0) is 34.5 Å². The zero-order valence-electron chi connectivity index (χ0n) is 10.4. The molecule has 0 spiro atoms. The first kappa shape index (κ1) is 12.9. The SMILES string of the molecule is Cc1cccc(CN(C)C(=O)c2cc(Br)c[nH]2)c1. The number of carbonyl (C=O) groups is 1. The highest BCUT2D eigenvalue weighted by molar-refractivity contribution is 9.10. The summed E-state index contributed by atoms with van der Waals surface area (Å²) in [5.41, 5.74) is 2.93. The van der Waals surface area contributed by atoms with Crippen LogP contribution in [0.1, 0.15) is 21.6 Å². The Kier molecular flexibility index (Phi) is 3.87. The molecule has 0 aliphatic carbocycles. The molecule has 0 radical (unpaired) electrons. The van der Waals surface area contributed by atoms with Gasteiger partial charge < -0.3 is 9.88 Å². The molecule has 0 atom stereocenters. The number of aromatic nitrogens is 1. The highest BCUT2D eigenvalue weighted by Gasteiger charge is 2.13. The quantitative estimate of drug-likeness (QED) is 0.927. The van der Waals surface area contributed by atoms with Crippen molar-refractivity contribution in [1.29, 1.82) is 0 Å². The predicted octanol–water partition coefficient (Wildman–Crippen LogP) is 3.36. The van der Waals surface area contributed by atoms with Crippen molar-refractivity contribution < 1.29 is 4.79 Å². The van der Waals surface area contributed by atoms with Crippen LogP contribution in [-0.4, -0.2) is 22.8 Å². The van der Waals surface area contributed by atoms with E-state index in [1.807, 2.05) is 25.1 Å². The molecule has 0 aliphatic heterocycles. The lowest BCUT2D eigenvalue weighted by molar-refractivity contribution is 0.0780. The van der Waals surface area contributed by atoms with Crippen molar-refractivity contribution in [1.82, 2.24) is 9.88 Å². The molecular formula is C14H15BrN2O. The van der Waals surface area contributed by atoms with Crippen LogP contribution >= 0.6 is 15.9 Å². The van der Waals surface area contributed by atoms with Gasteiger partial charge in [0.1, 0.15) is 5.69 Å². The number of H-pyrrole nitrogens is 1. The van der Waals surface area contributed by atoms with Gasteiger partial charge >= 0.3 is 0 Å². The van der Waals surface area contributed by atoms with E-state index in [0.717, 1.165) is 10.0 Å². The molecule has 0 fully saturated rings. The van der Waals surface area contributed by atoms with Crippen LogP contribution in [0.2, 0.25) is 0 Å². The Hall–Kier alpha value is -1.55. The maximum absolute atomic E-state index is 12.1. The summed E-state index contributed by atoms with van der Waals surface area (Å²) in [5.74, 6) is -0.0118. The van der Waals surface area contributed by atoms with Crippen LogP contribution in [0.5, 0.6) is 0 Å². The third-order valence-electron chi connectivity index (χ3n) is 2.73. The zero-order valence-corrected chi connectivity index (χ0v) is 12.0. The van der Waals surface area contributed by atoms with E-state index in [-0.39, 0.29) is 5.91 Å². The second kappa shape index (κ2) is 5.40. The first-order valence-electron chi connectivity index (χ1n) is 5.71. The molecule has 18 heavy (non-hydrogen) atoms. The summed E-state index contributed by atoms with van der Waals surface area (Å²) in [6.07, 6.45) is 1.76. The van der Waals surface area contributed by atoms with Gasteiger partial charge in [0.15, 0.2) is 0 Å². The highest BCUT2D eigenvalue weighted by Crippen LogP contribution is 2.13. The molecule has 0 bridgehead atoms. The molecule has 2 rings (SSSR count). The Bertz CT molecular complexity index is 562. The van der Waals surface area contributed by atoms with E-state index in [4.69, 9.17) is 0 Å². The monoisotopic (exact) mass is 306 g/mol. The molecular weight excluding hydrogens is 292 g/mol. The van der Waals surface area contributed by atoms with Crippen molar-refractivity contribution in [2.45, 2.75) is 13.5 Å². The molecule has 2 aromatic rings. The standard InChI is InChI=1S/C14H15BrN2O/c1-10-4-3-5-11(6-10)9-17(2)14(18)13-7-12(15)8-16-13/h3-8,16H,9H2,1-2H3. The van der Waals surface area contributed by atoms with Crippen molar-refractivity contribution in [3.63, 3.8) is 0 Å². The zero-order chi connectivity index (χ0) is 13.1. The summed E-state index contributed by atoms with van der Waals surface area (Å²) in [6.45, 7) is 2.66. The molecule has 0 aliphatic rings. The minimum absolute atomic E-state index is 0.0118. The molecule has 3 nitrogen and oxygen atoms in total. The van der Waals surface area contributed by atoms with E-state index in [9.17, 15) is 4.79 Å². The molecule has 4 heteroatoms. The van der Waals surface area contributed by atoms with Crippen LogP contribution in [0, 0.1) is 6.92 Å². The molecule has 1 amide bonds. The minimum atomic E-state index is -0.0118. The van der Waals surface area contributed by atoms with Crippen LogP contribution in [0.15, 0.2) is 41.0 Å². The lowest BCUT2D eigenvalue weighted by atomic mass is 10.1. The normalized spacial score (nSPS) is 10.4. The lowest BCUT2D eigenvalue weighted by Crippen LogP contribution is -2.26. The number of benzene rings is 1. The Morgan fingerprint density at radius 2 is 2.17 bits per heavy atom. The third-order valence-corrected chi connectivity index (χ3v) is 3.18. The number of rotatable bonds is 3. The summed E-state index contributed by atoms with van der Waals surface area (Å²) in [5, 5.41) is 0. The second-order valence-electron chi connectivity index (χ2n) is 4.38. The fourth-order valence-electron chi connectivity index (χ4n) is 1.85. The minimum Gasteiger partial charge on any atom is -0.356 e. The average molecular weight is 307 g/mol. The topological polar surface area (TPSA) is 36.1 Å². The Morgan fingerprint density at radius 3 is 2.78 bits per heavy atom. The fraction of sp³-hybridized carbons (Fsp3) is 0.214. The summed E-state index contributed by atoms with van der Waals surface area (Å²) in [4.78, 5) is 16.8. The predicted molar refractivity (Wildman–Crippen MR) is 75.5 cm³/mol.